The Kier molecular flexibility index (Phi) is 6.54. The molecule has 0 saturated carbocycles. The number of fused-ring (bicyclic) bond motifs is 1. The molecule has 3 aromatic carbocycles. The molecule has 0 spiro atoms. The van der Waals surface area contributed by atoms with Crippen LogP contribution in [0.3, 0.4) is 0 Å². The molecule has 3 rings (SSSR count). The molecule has 0 radical (unpaired) electrons. The minimum absolute atomic E-state index is 0.150. The van der Waals surface area contributed by atoms with Crippen molar-refractivity contribution in [1.29, 1.82) is 0 Å². The average Bonchev–Trinajstić information content (AvgIpc) is 2.71. The van der Waals surface area contributed by atoms with E-state index in [0.29, 0.717) is 28.0 Å². The second-order valence-electron chi connectivity index (χ2n) is 5.84. The second kappa shape index (κ2) is 9.08. The van der Waals surface area contributed by atoms with E-state index >= 15 is 0 Å². The maximum absolute atomic E-state index is 12.5. The van der Waals surface area contributed by atoms with Crippen LogP contribution in [0.4, 0.5) is 5.69 Å². The van der Waals surface area contributed by atoms with Gasteiger partial charge in [-0.05, 0) is 17.5 Å². The molecule has 0 aromatic heterocycles. The Morgan fingerprint density at radius 2 is 1.64 bits per heavy atom. The number of halogens is 1. The number of anilines is 1. The second-order valence-corrected chi connectivity index (χ2v) is 7.27. The number of hydrogen-bond acceptors (Lipinski definition) is 5. The molecule has 5 nitrogen and oxygen atoms in total. The van der Waals surface area contributed by atoms with Crippen LogP contribution in [0.15, 0.2) is 53.4 Å². The van der Waals surface area contributed by atoms with Crippen molar-refractivity contribution in [3.8, 4) is 17.2 Å². The van der Waals surface area contributed by atoms with Gasteiger partial charge in [0.2, 0.25) is 11.7 Å². The molecule has 0 saturated heterocycles. The van der Waals surface area contributed by atoms with Gasteiger partial charge in [0.1, 0.15) is 0 Å². The highest BCUT2D eigenvalue weighted by Crippen LogP contribution is 2.40. The van der Waals surface area contributed by atoms with E-state index in [0.717, 1.165) is 15.7 Å². The predicted octanol–water partition coefficient (Wildman–Crippen LogP) is 5.25. The third kappa shape index (κ3) is 4.29. The Morgan fingerprint density at radius 3 is 2.25 bits per heavy atom. The molecule has 0 aliphatic rings. The van der Waals surface area contributed by atoms with Gasteiger partial charge in [-0.15, -0.1) is 11.8 Å². The molecule has 1 amide bonds. The number of amides is 1. The molecule has 7 heteroatoms. The van der Waals surface area contributed by atoms with Crippen LogP contribution in [0, 0.1) is 0 Å². The van der Waals surface area contributed by atoms with Crippen LogP contribution in [0.2, 0.25) is 5.02 Å². The highest BCUT2D eigenvalue weighted by Gasteiger charge is 2.15. The van der Waals surface area contributed by atoms with Crippen molar-refractivity contribution >= 4 is 45.7 Å². The van der Waals surface area contributed by atoms with Crippen molar-refractivity contribution in [3.63, 3.8) is 0 Å². The van der Waals surface area contributed by atoms with Gasteiger partial charge in [-0.1, -0.05) is 35.9 Å². The lowest BCUT2D eigenvalue weighted by Gasteiger charge is -2.14. The molecule has 0 fully saturated rings. The first-order valence-electron chi connectivity index (χ1n) is 8.47. The maximum atomic E-state index is 12.5. The normalized spacial score (nSPS) is 10.6. The number of hydrogen-bond donors (Lipinski definition) is 1. The van der Waals surface area contributed by atoms with Gasteiger partial charge in [0.15, 0.2) is 11.5 Å². The summed E-state index contributed by atoms with van der Waals surface area (Å²) in [5.74, 6) is 1.52. The molecule has 3 aromatic rings. The highest BCUT2D eigenvalue weighted by molar-refractivity contribution is 8.00. The van der Waals surface area contributed by atoms with Crippen molar-refractivity contribution in [2.45, 2.75) is 4.90 Å². The Balaban J connectivity index is 1.75. The molecule has 28 heavy (non-hydrogen) atoms. The number of rotatable bonds is 7. The van der Waals surface area contributed by atoms with Crippen LogP contribution in [0.25, 0.3) is 10.8 Å². The lowest BCUT2D eigenvalue weighted by atomic mass is 10.1. The Morgan fingerprint density at radius 1 is 1.00 bits per heavy atom. The van der Waals surface area contributed by atoms with Gasteiger partial charge >= 0.3 is 0 Å². The van der Waals surface area contributed by atoms with E-state index in [1.165, 1.54) is 33.1 Å². The maximum Gasteiger partial charge on any atom is 0.234 e. The standard InChI is InChI=1S/C21H20ClNO4S/c1-25-16-10-14(11-17(26-2)21(16)27-3)23-19(24)12-28-18-9-5-7-13-6-4-8-15(22)20(13)18/h4-11H,12H2,1-3H3,(H,23,24). The zero-order chi connectivity index (χ0) is 20.1. The summed E-state index contributed by atoms with van der Waals surface area (Å²) in [6.07, 6.45) is 0. The first-order chi connectivity index (χ1) is 13.6. The molecule has 0 unspecified atom stereocenters. The fraction of sp³-hybridized carbons (Fsp3) is 0.190. The molecular formula is C21H20ClNO4S. The lowest BCUT2D eigenvalue weighted by Crippen LogP contribution is -2.14. The smallest absolute Gasteiger partial charge is 0.234 e. The quantitative estimate of drug-likeness (QED) is 0.532. The van der Waals surface area contributed by atoms with E-state index < -0.39 is 0 Å². The van der Waals surface area contributed by atoms with E-state index in [9.17, 15) is 4.79 Å². The Labute approximate surface area is 172 Å². The molecule has 146 valence electrons. The van der Waals surface area contributed by atoms with Gasteiger partial charge in [-0.25, -0.2) is 0 Å². The van der Waals surface area contributed by atoms with Crippen molar-refractivity contribution in [3.05, 3.63) is 53.6 Å². The number of nitrogens with one attached hydrogen (secondary N) is 1. The van der Waals surface area contributed by atoms with Crippen LogP contribution in [-0.2, 0) is 4.79 Å². The van der Waals surface area contributed by atoms with E-state index in [1.807, 2.05) is 36.4 Å². The van der Waals surface area contributed by atoms with E-state index in [1.54, 1.807) is 12.1 Å². The molecule has 1 N–H and O–H groups in total. The fourth-order valence-electron chi connectivity index (χ4n) is 2.88. The highest BCUT2D eigenvalue weighted by atomic mass is 35.5. The zero-order valence-electron chi connectivity index (χ0n) is 15.7. The monoisotopic (exact) mass is 417 g/mol. The summed E-state index contributed by atoms with van der Waals surface area (Å²) in [6, 6.07) is 15.1. The fourth-order valence-corrected chi connectivity index (χ4v) is 4.12. The van der Waals surface area contributed by atoms with Gasteiger partial charge < -0.3 is 19.5 Å². The van der Waals surface area contributed by atoms with Crippen molar-refractivity contribution < 1.29 is 19.0 Å². The van der Waals surface area contributed by atoms with Gasteiger partial charge in [0.25, 0.3) is 0 Å². The number of methoxy groups -OCH3 is 3. The molecule has 0 atom stereocenters. The number of ether oxygens (including phenoxy) is 3. The van der Waals surface area contributed by atoms with Crippen molar-refractivity contribution in [2.75, 3.05) is 32.4 Å². The topological polar surface area (TPSA) is 56.8 Å². The summed E-state index contributed by atoms with van der Waals surface area (Å²) in [6.45, 7) is 0. The molecule has 0 bridgehead atoms. The minimum atomic E-state index is -0.150. The Bertz CT molecular complexity index is 979. The van der Waals surface area contributed by atoms with Gasteiger partial charge in [0.05, 0.1) is 27.1 Å². The predicted molar refractivity (Wildman–Crippen MR) is 114 cm³/mol. The first-order valence-corrected chi connectivity index (χ1v) is 9.83. The third-order valence-electron chi connectivity index (χ3n) is 4.12. The van der Waals surface area contributed by atoms with E-state index in [4.69, 9.17) is 25.8 Å². The lowest BCUT2D eigenvalue weighted by molar-refractivity contribution is -0.113. The molecule has 0 aliphatic carbocycles. The van der Waals surface area contributed by atoms with Crippen LogP contribution < -0.4 is 19.5 Å². The number of thioether (sulfide) groups is 1. The van der Waals surface area contributed by atoms with E-state index in [-0.39, 0.29) is 11.7 Å². The van der Waals surface area contributed by atoms with Crippen molar-refractivity contribution in [2.24, 2.45) is 0 Å². The molecule has 0 heterocycles. The summed E-state index contributed by atoms with van der Waals surface area (Å²) in [5.41, 5.74) is 0.566. The molecule has 0 aliphatic heterocycles. The van der Waals surface area contributed by atoms with Gasteiger partial charge in [-0.2, -0.15) is 0 Å². The number of benzene rings is 3. The summed E-state index contributed by atoms with van der Waals surface area (Å²) in [4.78, 5) is 13.4. The first kappa shape index (κ1) is 20.2. The third-order valence-corrected chi connectivity index (χ3v) is 5.50. The average molecular weight is 418 g/mol. The van der Waals surface area contributed by atoms with Gasteiger partial charge in [-0.3, -0.25) is 4.79 Å². The van der Waals surface area contributed by atoms with Crippen LogP contribution in [0.1, 0.15) is 0 Å². The Hall–Kier alpha value is -2.57. The molecular weight excluding hydrogens is 398 g/mol. The van der Waals surface area contributed by atoms with Gasteiger partial charge in [0, 0.05) is 33.1 Å². The number of carbonyl (C=O) groups is 1. The largest absolute Gasteiger partial charge is 0.493 e. The van der Waals surface area contributed by atoms with Crippen molar-refractivity contribution in [1.82, 2.24) is 0 Å². The summed E-state index contributed by atoms with van der Waals surface area (Å²) in [5, 5.41) is 5.54. The summed E-state index contributed by atoms with van der Waals surface area (Å²) in [7, 11) is 4.59. The minimum Gasteiger partial charge on any atom is -0.493 e. The SMILES string of the molecule is COc1cc(NC(=O)CSc2cccc3cccc(Cl)c23)cc(OC)c1OC. The zero-order valence-corrected chi connectivity index (χ0v) is 17.3. The summed E-state index contributed by atoms with van der Waals surface area (Å²) < 4.78 is 15.9. The van der Waals surface area contributed by atoms with Crippen LogP contribution >= 0.6 is 23.4 Å². The number of carbonyl (C=O) groups excluding carboxylic acids is 1. The van der Waals surface area contributed by atoms with Crippen LogP contribution in [-0.4, -0.2) is 33.0 Å². The summed E-state index contributed by atoms with van der Waals surface area (Å²) >= 11 is 7.78. The van der Waals surface area contributed by atoms with E-state index in [2.05, 4.69) is 5.32 Å². The van der Waals surface area contributed by atoms with Crippen LogP contribution in [0.5, 0.6) is 17.2 Å².